The summed E-state index contributed by atoms with van der Waals surface area (Å²) in [5.41, 5.74) is 6.98. The second-order valence-electron chi connectivity index (χ2n) is 4.82. The first-order chi connectivity index (χ1) is 7.24. The molecule has 2 unspecified atom stereocenters. The monoisotopic (exact) mass is 211 g/mol. The molecule has 0 aliphatic heterocycles. The Hall–Kier alpha value is -0.340. The van der Waals surface area contributed by atoms with Gasteiger partial charge in [0.25, 0.3) is 0 Å². The van der Waals surface area contributed by atoms with E-state index in [1.54, 1.807) is 0 Å². The molecule has 0 aromatic heterocycles. The van der Waals surface area contributed by atoms with Gasteiger partial charge >= 0.3 is 0 Å². The maximum atomic E-state index is 5.78. The number of rotatable bonds is 6. The Morgan fingerprint density at radius 2 is 2.00 bits per heavy atom. The van der Waals surface area contributed by atoms with Crippen molar-refractivity contribution in [1.82, 2.24) is 0 Å². The maximum Gasteiger partial charge on any atom is 0.0503 e. The molecule has 88 valence electrons. The van der Waals surface area contributed by atoms with E-state index in [1.165, 1.54) is 31.3 Å². The summed E-state index contributed by atoms with van der Waals surface area (Å²) in [5.74, 6) is 1.40. The summed E-state index contributed by atoms with van der Waals surface area (Å²) in [6.07, 6.45) is 6.29. The molecule has 0 aromatic carbocycles. The van der Waals surface area contributed by atoms with Crippen LogP contribution in [0.1, 0.15) is 39.0 Å². The molecule has 2 nitrogen and oxygen atoms in total. The summed E-state index contributed by atoms with van der Waals surface area (Å²) < 4.78 is 5.70. The molecule has 0 aromatic rings. The zero-order valence-corrected chi connectivity index (χ0v) is 10.0. The van der Waals surface area contributed by atoms with Crippen molar-refractivity contribution in [2.45, 2.75) is 39.0 Å². The zero-order chi connectivity index (χ0) is 11.1. The first-order valence-corrected chi connectivity index (χ1v) is 6.16. The summed E-state index contributed by atoms with van der Waals surface area (Å²) in [7, 11) is 0. The van der Waals surface area contributed by atoms with Crippen molar-refractivity contribution >= 4 is 0 Å². The third-order valence-corrected chi connectivity index (χ3v) is 3.37. The fourth-order valence-corrected chi connectivity index (χ4v) is 2.30. The summed E-state index contributed by atoms with van der Waals surface area (Å²) >= 11 is 0. The van der Waals surface area contributed by atoms with Crippen LogP contribution in [0.2, 0.25) is 0 Å². The Morgan fingerprint density at radius 3 is 2.60 bits per heavy atom. The largest absolute Gasteiger partial charge is 0.381 e. The van der Waals surface area contributed by atoms with Crippen molar-refractivity contribution in [3.05, 3.63) is 12.2 Å². The van der Waals surface area contributed by atoms with Gasteiger partial charge in [0.05, 0.1) is 6.61 Å². The molecule has 2 atom stereocenters. The average molecular weight is 211 g/mol. The van der Waals surface area contributed by atoms with E-state index in [0.29, 0.717) is 11.8 Å². The number of nitrogens with two attached hydrogens (primary N) is 1. The standard InChI is InChI=1S/C13H25NO/c1-11(2)7-8-15-10-13-6-4-3-5-12(13)9-14/h12-13H,1,3-10,14H2,2H3. The van der Waals surface area contributed by atoms with Gasteiger partial charge in [0.2, 0.25) is 0 Å². The summed E-state index contributed by atoms with van der Waals surface area (Å²) in [5, 5.41) is 0. The second kappa shape index (κ2) is 7.02. The first-order valence-electron chi connectivity index (χ1n) is 6.16. The Balaban J connectivity index is 2.15. The van der Waals surface area contributed by atoms with Gasteiger partial charge in [-0.2, -0.15) is 0 Å². The van der Waals surface area contributed by atoms with Crippen LogP contribution < -0.4 is 5.73 Å². The van der Waals surface area contributed by atoms with Crippen molar-refractivity contribution in [3.63, 3.8) is 0 Å². The van der Waals surface area contributed by atoms with Gasteiger partial charge in [0, 0.05) is 6.61 Å². The number of ether oxygens (including phenoxy) is 1. The highest BCUT2D eigenvalue weighted by Gasteiger charge is 2.23. The van der Waals surface area contributed by atoms with Gasteiger partial charge in [-0.3, -0.25) is 0 Å². The van der Waals surface area contributed by atoms with Crippen LogP contribution in [0.4, 0.5) is 0 Å². The Labute approximate surface area is 93.9 Å². The van der Waals surface area contributed by atoms with Crippen LogP contribution in [0.3, 0.4) is 0 Å². The Morgan fingerprint density at radius 1 is 1.33 bits per heavy atom. The smallest absolute Gasteiger partial charge is 0.0503 e. The van der Waals surface area contributed by atoms with Crippen molar-refractivity contribution in [3.8, 4) is 0 Å². The molecular weight excluding hydrogens is 186 g/mol. The van der Waals surface area contributed by atoms with E-state index < -0.39 is 0 Å². The lowest BCUT2D eigenvalue weighted by Gasteiger charge is -2.30. The fraction of sp³-hybridized carbons (Fsp3) is 0.846. The third-order valence-electron chi connectivity index (χ3n) is 3.37. The van der Waals surface area contributed by atoms with Crippen molar-refractivity contribution in [2.75, 3.05) is 19.8 Å². The summed E-state index contributed by atoms with van der Waals surface area (Å²) in [6.45, 7) is 8.47. The minimum Gasteiger partial charge on any atom is -0.381 e. The summed E-state index contributed by atoms with van der Waals surface area (Å²) in [6, 6.07) is 0. The minimum absolute atomic E-state index is 0.698. The predicted molar refractivity (Wildman–Crippen MR) is 64.8 cm³/mol. The van der Waals surface area contributed by atoms with Crippen LogP contribution in [-0.4, -0.2) is 19.8 Å². The minimum atomic E-state index is 0.698. The average Bonchev–Trinajstić information content (AvgIpc) is 2.24. The predicted octanol–water partition coefficient (Wildman–Crippen LogP) is 2.73. The van der Waals surface area contributed by atoms with Crippen LogP contribution in [0.25, 0.3) is 0 Å². The molecule has 1 rings (SSSR count). The molecule has 1 fully saturated rings. The first kappa shape index (κ1) is 12.7. The van der Waals surface area contributed by atoms with Gasteiger partial charge in [-0.1, -0.05) is 18.4 Å². The third kappa shape index (κ3) is 4.80. The lowest BCUT2D eigenvalue weighted by Crippen LogP contribution is -2.30. The highest BCUT2D eigenvalue weighted by atomic mass is 16.5. The van der Waals surface area contributed by atoms with Gasteiger partial charge in [-0.25, -0.2) is 0 Å². The van der Waals surface area contributed by atoms with E-state index in [-0.39, 0.29) is 0 Å². The van der Waals surface area contributed by atoms with E-state index in [1.807, 2.05) is 6.92 Å². The van der Waals surface area contributed by atoms with Crippen LogP contribution in [0.5, 0.6) is 0 Å². The van der Waals surface area contributed by atoms with Gasteiger partial charge in [-0.15, -0.1) is 6.58 Å². The second-order valence-corrected chi connectivity index (χ2v) is 4.82. The molecule has 2 heteroatoms. The van der Waals surface area contributed by atoms with Gasteiger partial charge < -0.3 is 10.5 Å². The lowest BCUT2D eigenvalue weighted by molar-refractivity contribution is 0.0628. The molecule has 15 heavy (non-hydrogen) atoms. The highest BCUT2D eigenvalue weighted by Crippen LogP contribution is 2.29. The molecule has 0 saturated heterocycles. The van der Waals surface area contributed by atoms with Crippen molar-refractivity contribution in [2.24, 2.45) is 17.6 Å². The molecule has 0 heterocycles. The Kier molecular flexibility index (Phi) is 5.96. The zero-order valence-electron chi connectivity index (χ0n) is 10.0. The molecule has 0 amide bonds. The van der Waals surface area contributed by atoms with E-state index in [0.717, 1.165) is 26.2 Å². The van der Waals surface area contributed by atoms with Crippen molar-refractivity contribution < 1.29 is 4.74 Å². The van der Waals surface area contributed by atoms with E-state index in [2.05, 4.69) is 6.58 Å². The van der Waals surface area contributed by atoms with Crippen LogP contribution in [0, 0.1) is 11.8 Å². The van der Waals surface area contributed by atoms with E-state index >= 15 is 0 Å². The topological polar surface area (TPSA) is 35.2 Å². The highest BCUT2D eigenvalue weighted by molar-refractivity contribution is 4.87. The molecule has 0 spiro atoms. The molecule has 1 aliphatic rings. The normalized spacial score (nSPS) is 26.5. The summed E-state index contributed by atoms with van der Waals surface area (Å²) in [4.78, 5) is 0. The van der Waals surface area contributed by atoms with Crippen molar-refractivity contribution in [1.29, 1.82) is 0 Å². The molecule has 2 N–H and O–H groups in total. The maximum absolute atomic E-state index is 5.78. The van der Waals surface area contributed by atoms with E-state index in [4.69, 9.17) is 10.5 Å². The lowest BCUT2D eigenvalue weighted by atomic mass is 9.80. The van der Waals surface area contributed by atoms with Crippen LogP contribution in [-0.2, 0) is 4.74 Å². The molecule has 0 radical (unpaired) electrons. The van der Waals surface area contributed by atoms with Crippen LogP contribution >= 0.6 is 0 Å². The van der Waals surface area contributed by atoms with Gasteiger partial charge in [0.15, 0.2) is 0 Å². The quantitative estimate of drug-likeness (QED) is 0.541. The Bertz CT molecular complexity index is 191. The molecule has 0 bridgehead atoms. The van der Waals surface area contributed by atoms with Gasteiger partial charge in [0.1, 0.15) is 0 Å². The fourth-order valence-electron chi connectivity index (χ4n) is 2.30. The number of hydrogen-bond donors (Lipinski definition) is 1. The van der Waals surface area contributed by atoms with E-state index in [9.17, 15) is 0 Å². The SMILES string of the molecule is C=C(C)CCOCC1CCCCC1CN. The van der Waals surface area contributed by atoms with Gasteiger partial charge in [-0.05, 0) is 44.6 Å². The molecule has 1 aliphatic carbocycles. The molecular formula is C13H25NO. The molecule has 1 saturated carbocycles. The number of hydrogen-bond acceptors (Lipinski definition) is 2. The van der Waals surface area contributed by atoms with Crippen LogP contribution in [0.15, 0.2) is 12.2 Å².